The molecule has 1 atom stereocenters. The van der Waals surface area contributed by atoms with Crippen molar-refractivity contribution in [1.29, 1.82) is 0 Å². The minimum Gasteiger partial charge on any atom is -0.390 e. The van der Waals surface area contributed by atoms with Gasteiger partial charge < -0.3 is 5.11 Å². The molecule has 1 aliphatic rings. The molecule has 0 spiro atoms. The van der Waals surface area contributed by atoms with Crippen LogP contribution in [-0.4, -0.2) is 33.7 Å². The number of rotatable bonds is 4. The van der Waals surface area contributed by atoms with Crippen molar-refractivity contribution >= 4 is 22.9 Å². The fraction of sp³-hybridized carbons (Fsp3) is 0.769. The summed E-state index contributed by atoms with van der Waals surface area (Å²) in [5.41, 5.74) is 0.484. The van der Waals surface area contributed by atoms with E-state index >= 15 is 0 Å². The molecule has 0 saturated carbocycles. The molecule has 0 amide bonds. The predicted octanol–water partition coefficient (Wildman–Crippen LogP) is 3.18. The molecule has 1 saturated heterocycles. The largest absolute Gasteiger partial charge is 0.390 e. The molecule has 0 aliphatic carbocycles. The van der Waals surface area contributed by atoms with Gasteiger partial charge in [0.2, 0.25) is 0 Å². The Kier molecular flexibility index (Phi) is 4.64. The Labute approximate surface area is 118 Å². The fourth-order valence-electron chi connectivity index (χ4n) is 2.44. The molecule has 1 N–H and O–H groups in total. The summed E-state index contributed by atoms with van der Waals surface area (Å²) in [4.78, 5) is 7.03. The van der Waals surface area contributed by atoms with E-state index in [2.05, 4.69) is 16.8 Å². The van der Waals surface area contributed by atoms with Gasteiger partial charge in [-0.1, -0.05) is 6.92 Å². The molecular weight excluding hydrogens is 268 g/mol. The molecule has 0 aromatic carbocycles. The second-order valence-electron chi connectivity index (χ2n) is 5.27. The molecule has 2 rings (SSSR count). The van der Waals surface area contributed by atoms with Crippen molar-refractivity contribution in [2.24, 2.45) is 0 Å². The van der Waals surface area contributed by atoms with Gasteiger partial charge in [-0.25, -0.2) is 4.98 Å². The van der Waals surface area contributed by atoms with Crippen LogP contribution in [0, 0.1) is 0 Å². The molecule has 2 heterocycles. The van der Waals surface area contributed by atoms with Crippen LogP contribution >= 0.6 is 22.9 Å². The number of hydrogen-bond acceptors (Lipinski definition) is 4. The zero-order valence-electron chi connectivity index (χ0n) is 11.0. The summed E-state index contributed by atoms with van der Waals surface area (Å²) in [5.74, 6) is 0.488. The van der Waals surface area contributed by atoms with Gasteiger partial charge in [-0.05, 0) is 26.2 Å². The zero-order chi connectivity index (χ0) is 13.2. The van der Waals surface area contributed by atoms with Gasteiger partial charge in [0.05, 0.1) is 23.2 Å². The maximum atomic E-state index is 10.0. The lowest BCUT2D eigenvalue weighted by molar-refractivity contribution is -0.0174. The monoisotopic (exact) mass is 288 g/mol. The predicted molar refractivity (Wildman–Crippen MR) is 76.1 cm³/mol. The van der Waals surface area contributed by atoms with Gasteiger partial charge in [0.1, 0.15) is 5.01 Å². The second kappa shape index (κ2) is 5.87. The molecular formula is C13H21ClN2OS. The molecule has 5 heteroatoms. The number of nitrogens with zero attached hydrogens (tertiary/aromatic N) is 2. The Morgan fingerprint density at radius 3 is 2.72 bits per heavy atom. The molecule has 0 bridgehead atoms. The van der Waals surface area contributed by atoms with E-state index < -0.39 is 5.60 Å². The Morgan fingerprint density at radius 2 is 2.22 bits per heavy atom. The van der Waals surface area contributed by atoms with E-state index in [0.717, 1.165) is 43.1 Å². The summed E-state index contributed by atoms with van der Waals surface area (Å²) in [6.45, 7) is 6.02. The highest BCUT2D eigenvalue weighted by atomic mass is 35.5. The summed E-state index contributed by atoms with van der Waals surface area (Å²) in [7, 11) is 0. The number of aromatic nitrogens is 1. The quantitative estimate of drug-likeness (QED) is 0.865. The zero-order valence-corrected chi connectivity index (χ0v) is 12.6. The molecule has 1 aromatic heterocycles. The normalized spacial score (nSPS) is 22.0. The van der Waals surface area contributed by atoms with Gasteiger partial charge in [0.25, 0.3) is 0 Å². The van der Waals surface area contributed by atoms with Crippen LogP contribution < -0.4 is 0 Å². The highest BCUT2D eigenvalue weighted by molar-refractivity contribution is 7.09. The average molecular weight is 289 g/mol. The van der Waals surface area contributed by atoms with Gasteiger partial charge in [0.15, 0.2) is 0 Å². The van der Waals surface area contributed by atoms with Crippen LogP contribution in [0.25, 0.3) is 0 Å². The molecule has 1 unspecified atom stereocenters. The van der Waals surface area contributed by atoms with Gasteiger partial charge >= 0.3 is 0 Å². The lowest BCUT2D eigenvalue weighted by Crippen LogP contribution is -2.43. The van der Waals surface area contributed by atoms with Crippen LogP contribution in [0.4, 0.5) is 0 Å². The van der Waals surface area contributed by atoms with Gasteiger partial charge in [-0.15, -0.1) is 22.9 Å². The first-order valence-electron chi connectivity index (χ1n) is 6.52. The van der Waals surface area contributed by atoms with Crippen molar-refractivity contribution in [3.8, 4) is 0 Å². The van der Waals surface area contributed by atoms with E-state index in [0.29, 0.717) is 11.9 Å². The molecule has 18 heavy (non-hydrogen) atoms. The Morgan fingerprint density at radius 1 is 1.56 bits per heavy atom. The van der Waals surface area contributed by atoms with Gasteiger partial charge in [0, 0.05) is 18.5 Å². The van der Waals surface area contributed by atoms with Crippen molar-refractivity contribution in [2.45, 2.75) is 50.6 Å². The van der Waals surface area contributed by atoms with Crippen molar-refractivity contribution in [3.63, 3.8) is 0 Å². The topological polar surface area (TPSA) is 36.4 Å². The van der Waals surface area contributed by atoms with Crippen LogP contribution in [-0.2, 0) is 5.88 Å². The molecule has 1 aromatic rings. The van der Waals surface area contributed by atoms with Crippen molar-refractivity contribution in [3.05, 3.63) is 16.1 Å². The van der Waals surface area contributed by atoms with E-state index in [1.807, 2.05) is 12.3 Å². The molecule has 1 aliphatic heterocycles. The minimum absolute atomic E-state index is 0.378. The minimum atomic E-state index is -0.487. The van der Waals surface area contributed by atoms with Gasteiger partial charge in [-0.3, -0.25) is 4.90 Å². The number of hydrogen-bond donors (Lipinski definition) is 1. The number of likely N-dealkylation sites (tertiary alicyclic amines) is 1. The summed E-state index contributed by atoms with van der Waals surface area (Å²) in [5, 5.41) is 13.2. The van der Waals surface area contributed by atoms with Gasteiger partial charge in [-0.2, -0.15) is 0 Å². The molecule has 102 valence electrons. The molecule has 3 nitrogen and oxygen atoms in total. The maximum absolute atomic E-state index is 10.0. The van der Waals surface area contributed by atoms with Crippen LogP contribution in [0.15, 0.2) is 5.38 Å². The lowest BCUT2D eigenvalue weighted by atomic mass is 9.92. The Bertz CT molecular complexity index is 384. The second-order valence-corrected chi connectivity index (χ2v) is 6.42. The highest BCUT2D eigenvalue weighted by Crippen LogP contribution is 2.32. The van der Waals surface area contributed by atoms with E-state index in [9.17, 15) is 5.11 Å². The number of thiazole rings is 1. The summed E-state index contributed by atoms with van der Waals surface area (Å²) in [6, 6.07) is 0.378. The summed E-state index contributed by atoms with van der Waals surface area (Å²) >= 11 is 7.51. The number of alkyl halides is 1. The van der Waals surface area contributed by atoms with Crippen LogP contribution in [0.2, 0.25) is 0 Å². The third-order valence-electron chi connectivity index (χ3n) is 3.69. The standard InChI is InChI=1S/C13H21ClN2OS/c1-3-11(12-15-10(8-14)9-18-12)16-6-4-13(2,17)5-7-16/h9,11,17H,3-8H2,1-2H3. The van der Waals surface area contributed by atoms with E-state index in [1.54, 1.807) is 11.3 Å². The van der Waals surface area contributed by atoms with Crippen LogP contribution in [0.1, 0.15) is 49.9 Å². The fourth-order valence-corrected chi connectivity index (χ4v) is 3.71. The third kappa shape index (κ3) is 3.23. The van der Waals surface area contributed by atoms with Crippen LogP contribution in [0.3, 0.4) is 0 Å². The maximum Gasteiger partial charge on any atom is 0.110 e. The van der Waals surface area contributed by atoms with Crippen molar-refractivity contribution < 1.29 is 5.11 Å². The van der Waals surface area contributed by atoms with Crippen molar-refractivity contribution in [2.75, 3.05) is 13.1 Å². The first kappa shape index (κ1) is 14.3. The highest BCUT2D eigenvalue weighted by Gasteiger charge is 2.31. The smallest absolute Gasteiger partial charge is 0.110 e. The Balaban J connectivity index is 2.05. The molecule has 1 fully saturated rings. The lowest BCUT2D eigenvalue weighted by Gasteiger charge is -2.39. The number of piperidine rings is 1. The summed E-state index contributed by atoms with van der Waals surface area (Å²) in [6.07, 6.45) is 2.74. The Hall–Kier alpha value is -0.160. The SMILES string of the molecule is CCC(c1nc(CCl)cs1)N1CCC(C)(O)CC1. The third-order valence-corrected chi connectivity index (χ3v) is 4.96. The number of aliphatic hydroxyl groups is 1. The average Bonchev–Trinajstić information content (AvgIpc) is 2.81. The first-order chi connectivity index (χ1) is 8.55. The van der Waals surface area contributed by atoms with E-state index in [-0.39, 0.29) is 0 Å². The number of halogens is 1. The van der Waals surface area contributed by atoms with Crippen molar-refractivity contribution in [1.82, 2.24) is 9.88 Å². The van der Waals surface area contributed by atoms with E-state index in [1.165, 1.54) is 0 Å². The summed E-state index contributed by atoms with van der Waals surface area (Å²) < 4.78 is 0. The van der Waals surface area contributed by atoms with E-state index in [4.69, 9.17) is 11.6 Å². The van der Waals surface area contributed by atoms with Crippen LogP contribution in [0.5, 0.6) is 0 Å². The molecule has 0 radical (unpaired) electrons. The first-order valence-corrected chi connectivity index (χ1v) is 7.94.